The van der Waals surface area contributed by atoms with Gasteiger partial charge in [0.05, 0.1) is 19.4 Å². The van der Waals surface area contributed by atoms with Gasteiger partial charge in [-0.3, -0.25) is 4.79 Å². The Hall–Kier alpha value is -2.84. The third-order valence-electron chi connectivity index (χ3n) is 4.63. The fourth-order valence-corrected chi connectivity index (χ4v) is 2.96. The number of hydrogen-bond donors (Lipinski definition) is 3. The summed E-state index contributed by atoms with van der Waals surface area (Å²) >= 11 is 0. The van der Waals surface area contributed by atoms with Crippen molar-refractivity contribution in [2.75, 3.05) is 46.9 Å². The first-order valence-electron chi connectivity index (χ1n) is 10.7. The Balaban J connectivity index is 1.84. The normalized spacial score (nSPS) is 11.5. The lowest BCUT2D eigenvalue weighted by Crippen LogP contribution is -2.41. The molecule has 1 heterocycles. The molecule has 170 valence electrons. The smallest absolute Gasteiger partial charge is 0.251 e. The highest BCUT2D eigenvalue weighted by Crippen LogP contribution is 2.08. The van der Waals surface area contributed by atoms with Gasteiger partial charge < -0.3 is 30.0 Å². The third-order valence-corrected chi connectivity index (χ3v) is 4.63. The average molecular weight is 430 g/mol. The second kappa shape index (κ2) is 14.2. The number of aliphatic imine (C=N–C) groups is 1. The molecule has 0 aliphatic carbocycles. The van der Waals surface area contributed by atoms with Gasteiger partial charge in [0, 0.05) is 45.5 Å². The van der Waals surface area contributed by atoms with Crippen LogP contribution in [0.15, 0.2) is 52.1 Å². The molecule has 3 N–H and O–H groups in total. The van der Waals surface area contributed by atoms with Gasteiger partial charge in [-0.25, -0.2) is 4.99 Å². The maximum Gasteiger partial charge on any atom is 0.251 e. The van der Waals surface area contributed by atoms with Crippen LogP contribution >= 0.6 is 0 Å². The van der Waals surface area contributed by atoms with Gasteiger partial charge in [0.25, 0.3) is 5.91 Å². The molecule has 2 rings (SSSR count). The summed E-state index contributed by atoms with van der Waals surface area (Å²) in [5.74, 6) is 1.35. The Bertz CT molecular complexity index is 792. The van der Waals surface area contributed by atoms with E-state index >= 15 is 0 Å². The number of carbonyl (C=O) groups is 1. The van der Waals surface area contributed by atoms with Crippen LogP contribution in [0.1, 0.15) is 35.0 Å². The van der Waals surface area contributed by atoms with E-state index in [9.17, 15) is 4.79 Å². The predicted octanol–water partition coefficient (Wildman–Crippen LogP) is 2.23. The fourth-order valence-electron chi connectivity index (χ4n) is 2.96. The molecule has 0 spiro atoms. The summed E-state index contributed by atoms with van der Waals surface area (Å²) in [5.41, 5.74) is 1.58. The van der Waals surface area contributed by atoms with Crippen LogP contribution < -0.4 is 16.0 Å². The van der Waals surface area contributed by atoms with E-state index in [4.69, 9.17) is 9.15 Å². The van der Waals surface area contributed by atoms with Gasteiger partial charge >= 0.3 is 0 Å². The van der Waals surface area contributed by atoms with Crippen molar-refractivity contribution in [3.63, 3.8) is 0 Å². The lowest BCUT2D eigenvalue weighted by atomic mass is 10.1. The molecular weight excluding hydrogens is 394 g/mol. The standard InChI is InChI=1S/C23H35N5O3/c1-4-24-23(25-11-13-28(2)12-7-14-30-3)27-17-19-8-5-9-20(16-19)22(29)26-18-21-10-6-15-31-21/h5-6,8-10,15-16H,4,7,11-14,17-18H2,1-3H3,(H,26,29)(H2,24,25,27). The number of nitrogens with zero attached hydrogens (tertiary/aromatic N) is 2. The van der Waals surface area contributed by atoms with Gasteiger partial charge in [-0.15, -0.1) is 0 Å². The Morgan fingerprint density at radius 2 is 2.03 bits per heavy atom. The zero-order valence-electron chi connectivity index (χ0n) is 18.8. The Morgan fingerprint density at radius 3 is 2.77 bits per heavy atom. The van der Waals surface area contributed by atoms with Crippen LogP contribution in [0.25, 0.3) is 0 Å². The van der Waals surface area contributed by atoms with Crippen molar-refractivity contribution < 1.29 is 13.9 Å². The van der Waals surface area contributed by atoms with Gasteiger partial charge in [-0.1, -0.05) is 12.1 Å². The quantitative estimate of drug-likeness (QED) is 0.257. The minimum atomic E-state index is -0.135. The summed E-state index contributed by atoms with van der Waals surface area (Å²) in [5, 5.41) is 9.49. The van der Waals surface area contributed by atoms with Crippen molar-refractivity contribution >= 4 is 11.9 Å². The van der Waals surface area contributed by atoms with Crippen molar-refractivity contribution in [3.8, 4) is 0 Å². The van der Waals surface area contributed by atoms with Crippen molar-refractivity contribution in [1.29, 1.82) is 0 Å². The van der Waals surface area contributed by atoms with Gasteiger partial charge in [-0.2, -0.15) is 0 Å². The molecule has 1 aromatic heterocycles. The van der Waals surface area contributed by atoms with Gasteiger partial charge in [0.2, 0.25) is 0 Å². The number of benzene rings is 1. The number of guanidine groups is 1. The number of nitrogens with one attached hydrogen (secondary N) is 3. The van der Waals surface area contributed by atoms with E-state index in [1.54, 1.807) is 25.5 Å². The van der Waals surface area contributed by atoms with Crippen molar-refractivity contribution in [1.82, 2.24) is 20.9 Å². The molecule has 0 unspecified atom stereocenters. The van der Waals surface area contributed by atoms with Crippen molar-refractivity contribution in [2.45, 2.75) is 26.4 Å². The lowest BCUT2D eigenvalue weighted by molar-refractivity contribution is 0.0948. The number of amides is 1. The number of carbonyl (C=O) groups excluding carboxylic acids is 1. The maximum atomic E-state index is 12.4. The van der Waals surface area contributed by atoms with Crippen LogP contribution in [0.4, 0.5) is 0 Å². The topological polar surface area (TPSA) is 91.1 Å². The molecular formula is C23H35N5O3. The summed E-state index contributed by atoms with van der Waals surface area (Å²) in [6.45, 7) is 7.16. The summed E-state index contributed by atoms with van der Waals surface area (Å²) in [7, 11) is 3.83. The molecule has 31 heavy (non-hydrogen) atoms. The summed E-state index contributed by atoms with van der Waals surface area (Å²) in [4.78, 5) is 19.3. The Labute approximate surface area is 185 Å². The van der Waals surface area contributed by atoms with E-state index in [1.165, 1.54) is 0 Å². The monoisotopic (exact) mass is 429 g/mol. The molecule has 0 aliphatic rings. The largest absolute Gasteiger partial charge is 0.467 e. The first-order chi connectivity index (χ1) is 15.1. The van der Waals surface area contributed by atoms with Crippen LogP contribution in [-0.2, 0) is 17.8 Å². The van der Waals surface area contributed by atoms with Gasteiger partial charge in [-0.05, 0) is 50.2 Å². The highest BCUT2D eigenvalue weighted by Gasteiger charge is 2.07. The number of rotatable bonds is 13. The van der Waals surface area contributed by atoms with E-state index < -0.39 is 0 Å². The molecule has 0 bridgehead atoms. The maximum absolute atomic E-state index is 12.4. The van der Waals surface area contributed by atoms with Crippen LogP contribution in [0.5, 0.6) is 0 Å². The SMILES string of the molecule is CCNC(=NCc1cccc(C(=O)NCc2ccco2)c1)NCCN(C)CCCOC. The first-order valence-corrected chi connectivity index (χ1v) is 10.7. The molecule has 0 saturated heterocycles. The minimum Gasteiger partial charge on any atom is -0.467 e. The molecule has 2 aromatic rings. The van der Waals surface area contributed by atoms with Crippen molar-refractivity contribution in [3.05, 3.63) is 59.5 Å². The second-order valence-electron chi connectivity index (χ2n) is 7.23. The minimum absolute atomic E-state index is 0.135. The number of methoxy groups -OCH3 is 1. The first kappa shape index (κ1) is 24.4. The van der Waals surface area contributed by atoms with Crippen LogP contribution in [0.2, 0.25) is 0 Å². The predicted molar refractivity (Wildman–Crippen MR) is 123 cm³/mol. The highest BCUT2D eigenvalue weighted by atomic mass is 16.5. The third kappa shape index (κ3) is 9.67. The van der Waals surface area contributed by atoms with Gasteiger partial charge in [0.15, 0.2) is 5.96 Å². The van der Waals surface area contributed by atoms with E-state index in [1.807, 2.05) is 31.2 Å². The van der Waals surface area contributed by atoms with Gasteiger partial charge in [0.1, 0.15) is 5.76 Å². The second-order valence-corrected chi connectivity index (χ2v) is 7.23. The molecule has 0 atom stereocenters. The Morgan fingerprint density at radius 1 is 1.16 bits per heavy atom. The molecule has 1 aromatic carbocycles. The average Bonchev–Trinajstić information content (AvgIpc) is 3.30. The van der Waals surface area contributed by atoms with Crippen molar-refractivity contribution in [2.24, 2.45) is 4.99 Å². The van der Waals surface area contributed by atoms with E-state index in [2.05, 4.69) is 32.9 Å². The number of hydrogen-bond acceptors (Lipinski definition) is 5. The Kier molecular flexibility index (Phi) is 11.2. The van der Waals surface area contributed by atoms with Crippen LogP contribution in [0, 0.1) is 0 Å². The number of furan rings is 1. The lowest BCUT2D eigenvalue weighted by Gasteiger charge is -2.18. The summed E-state index contributed by atoms with van der Waals surface area (Å²) in [6, 6.07) is 11.1. The molecule has 0 fully saturated rings. The molecule has 0 radical (unpaired) electrons. The van der Waals surface area contributed by atoms with Crippen LogP contribution in [0.3, 0.4) is 0 Å². The van der Waals surface area contributed by atoms with E-state index in [-0.39, 0.29) is 5.91 Å². The number of likely N-dealkylation sites (N-methyl/N-ethyl adjacent to an activating group) is 1. The molecule has 1 amide bonds. The zero-order chi connectivity index (χ0) is 22.3. The molecule has 0 saturated carbocycles. The molecule has 8 nitrogen and oxygen atoms in total. The van der Waals surface area contributed by atoms with E-state index in [0.717, 1.165) is 56.5 Å². The van der Waals surface area contributed by atoms with Crippen LogP contribution in [-0.4, -0.2) is 63.7 Å². The summed E-state index contributed by atoms with van der Waals surface area (Å²) < 4.78 is 10.3. The zero-order valence-corrected chi connectivity index (χ0v) is 18.8. The summed E-state index contributed by atoms with van der Waals surface area (Å²) in [6.07, 6.45) is 2.61. The number of ether oxygens (including phenoxy) is 1. The fraction of sp³-hybridized carbons (Fsp3) is 0.478. The highest BCUT2D eigenvalue weighted by molar-refractivity contribution is 5.94. The molecule has 0 aliphatic heterocycles. The van der Waals surface area contributed by atoms with E-state index in [0.29, 0.717) is 18.7 Å². The molecule has 8 heteroatoms.